The number of aromatic nitrogens is 1. The third-order valence-electron chi connectivity index (χ3n) is 4.06. The number of rotatable bonds is 4. The predicted octanol–water partition coefficient (Wildman–Crippen LogP) is 4.61. The van der Waals surface area contributed by atoms with Gasteiger partial charge >= 0.3 is 6.09 Å². The Morgan fingerprint density at radius 1 is 1.11 bits per heavy atom. The van der Waals surface area contributed by atoms with Crippen molar-refractivity contribution in [2.75, 3.05) is 5.32 Å². The highest BCUT2D eigenvalue weighted by atomic mass is 32.1. The molecule has 2 amide bonds. The molecule has 3 aromatic rings. The molecular formula is C21H23N3O3S. The van der Waals surface area contributed by atoms with Crippen LogP contribution in [0.4, 0.5) is 10.5 Å². The Labute approximate surface area is 169 Å². The molecule has 0 bridgehead atoms. The van der Waals surface area contributed by atoms with Gasteiger partial charge in [-0.1, -0.05) is 24.9 Å². The topological polar surface area (TPSA) is 72.4 Å². The van der Waals surface area contributed by atoms with Crippen LogP contribution in [0.1, 0.15) is 36.7 Å². The maximum absolute atomic E-state index is 11.9. The third-order valence-corrected chi connectivity index (χ3v) is 4.26. The van der Waals surface area contributed by atoms with Crippen LogP contribution in [0.15, 0.2) is 54.7 Å². The Morgan fingerprint density at radius 2 is 1.89 bits per heavy atom. The minimum Gasteiger partial charge on any atom is -0.444 e. The van der Waals surface area contributed by atoms with Crippen LogP contribution < -0.4 is 10.0 Å². The Balaban J connectivity index is 1.78. The van der Waals surface area contributed by atoms with E-state index in [2.05, 4.69) is 27.4 Å². The summed E-state index contributed by atoms with van der Waals surface area (Å²) in [5, 5.41) is 3.75. The molecule has 0 atom stereocenters. The highest BCUT2D eigenvalue weighted by Crippen LogP contribution is 2.22. The molecule has 0 aliphatic carbocycles. The highest BCUT2D eigenvalue weighted by molar-refractivity contribution is 7.78. The van der Waals surface area contributed by atoms with E-state index in [1.807, 2.05) is 69.4 Å². The molecule has 1 heterocycles. The lowest BCUT2D eigenvalue weighted by atomic mass is 10.1. The minimum atomic E-state index is -0.546. The van der Waals surface area contributed by atoms with Gasteiger partial charge in [0, 0.05) is 34.9 Å². The van der Waals surface area contributed by atoms with E-state index in [0.29, 0.717) is 17.8 Å². The Bertz CT molecular complexity index is 1020. The monoisotopic (exact) mass is 397 g/mol. The number of nitrogens with one attached hydrogen (secondary N) is 2. The van der Waals surface area contributed by atoms with Crippen LogP contribution in [-0.4, -0.2) is 22.2 Å². The van der Waals surface area contributed by atoms with Crippen molar-refractivity contribution in [3.63, 3.8) is 0 Å². The molecule has 0 fully saturated rings. The van der Waals surface area contributed by atoms with Crippen molar-refractivity contribution in [1.29, 1.82) is 0 Å². The van der Waals surface area contributed by atoms with Gasteiger partial charge in [0.05, 0.1) is 0 Å². The van der Waals surface area contributed by atoms with E-state index in [-0.39, 0.29) is 5.91 Å². The smallest absolute Gasteiger partial charge is 0.412 e. The quantitative estimate of drug-likeness (QED) is 0.563. The Kier molecular flexibility index (Phi) is 5.65. The second-order valence-electron chi connectivity index (χ2n) is 7.49. The lowest BCUT2D eigenvalue weighted by molar-refractivity contribution is 0.0635. The third kappa shape index (κ3) is 4.86. The van der Waals surface area contributed by atoms with Crippen LogP contribution in [0.3, 0.4) is 0 Å². The molecule has 2 aromatic carbocycles. The summed E-state index contributed by atoms with van der Waals surface area (Å²) < 4.78 is 9.71. The van der Waals surface area contributed by atoms with E-state index in [1.165, 1.54) is 0 Å². The summed E-state index contributed by atoms with van der Waals surface area (Å²) in [6, 6.07) is 15.1. The van der Waals surface area contributed by atoms with Gasteiger partial charge in [-0.2, -0.15) is 0 Å². The first-order chi connectivity index (χ1) is 13.2. The van der Waals surface area contributed by atoms with Crippen LogP contribution in [0.2, 0.25) is 0 Å². The summed E-state index contributed by atoms with van der Waals surface area (Å²) in [6.45, 7) is 6.09. The molecule has 28 heavy (non-hydrogen) atoms. The van der Waals surface area contributed by atoms with Gasteiger partial charge in [0.2, 0.25) is 0 Å². The van der Waals surface area contributed by atoms with Crippen molar-refractivity contribution in [1.82, 2.24) is 9.29 Å². The van der Waals surface area contributed by atoms with Crippen molar-refractivity contribution in [3.05, 3.63) is 65.9 Å². The number of fused-ring (bicyclic) bond motifs is 1. The van der Waals surface area contributed by atoms with Crippen LogP contribution in [-0.2, 0) is 11.3 Å². The summed E-state index contributed by atoms with van der Waals surface area (Å²) >= 11 is 3.81. The van der Waals surface area contributed by atoms with Gasteiger partial charge in [0.1, 0.15) is 5.60 Å². The molecule has 0 saturated heterocycles. The molecule has 0 radical (unpaired) electrons. The molecule has 0 unspecified atom stereocenters. The first kappa shape index (κ1) is 19.8. The fraction of sp³-hybridized carbons (Fsp3) is 0.238. The fourth-order valence-corrected chi connectivity index (χ4v) is 3.04. The molecule has 0 spiro atoms. The summed E-state index contributed by atoms with van der Waals surface area (Å²) in [7, 11) is 0. The SMILES string of the molecule is CC(C)(C)OC(=O)Nc1ccc2c(ccn2Cc2cccc(C(=O)NS)c2)c1. The molecule has 2 N–H and O–H groups in total. The zero-order valence-corrected chi connectivity index (χ0v) is 16.9. The molecule has 0 aliphatic rings. The van der Waals surface area contributed by atoms with Crippen molar-refractivity contribution in [2.24, 2.45) is 0 Å². The maximum atomic E-state index is 11.9. The molecule has 3 rings (SSSR count). The Hall–Kier alpha value is -2.93. The number of ether oxygens (including phenoxy) is 1. The van der Waals surface area contributed by atoms with Gasteiger partial charge in [-0.15, -0.1) is 0 Å². The van der Waals surface area contributed by atoms with Gasteiger partial charge < -0.3 is 9.30 Å². The van der Waals surface area contributed by atoms with Gasteiger partial charge in [-0.25, -0.2) is 4.79 Å². The minimum absolute atomic E-state index is 0.236. The van der Waals surface area contributed by atoms with Crippen molar-refractivity contribution < 1.29 is 14.3 Å². The zero-order valence-electron chi connectivity index (χ0n) is 16.0. The maximum Gasteiger partial charge on any atom is 0.412 e. The summed E-state index contributed by atoms with van der Waals surface area (Å²) in [5.74, 6) is -0.236. The van der Waals surface area contributed by atoms with Crippen molar-refractivity contribution in [3.8, 4) is 0 Å². The van der Waals surface area contributed by atoms with E-state index < -0.39 is 11.7 Å². The summed E-state index contributed by atoms with van der Waals surface area (Å²) in [6.07, 6.45) is 1.50. The first-order valence-corrected chi connectivity index (χ1v) is 9.32. The van der Waals surface area contributed by atoms with Gasteiger partial charge in [0.15, 0.2) is 0 Å². The van der Waals surface area contributed by atoms with Crippen LogP contribution in [0, 0.1) is 0 Å². The number of amides is 2. The van der Waals surface area contributed by atoms with Crippen molar-refractivity contribution >= 4 is 41.4 Å². The van der Waals surface area contributed by atoms with E-state index >= 15 is 0 Å². The zero-order chi connectivity index (χ0) is 20.3. The number of carbonyl (C=O) groups excluding carboxylic acids is 2. The summed E-state index contributed by atoms with van der Waals surface area (Å²) in [5.41, 5.74) is 2.72. The lowest BCUT2D eigenvalue weighted by Crippen LogP contribution is -2.27. The number of carbonyl (C=O) groups is 2. The number of hydrogen-bond donors (Lipinski definition) is 3. The lowest BCUT2D eigenvalue weighted by Gasteiger charge is -2.19. The normalized spacial score (nSPS) is 11.3. The molecule has 0 aliphatic heterocycles. The average Bonchev–Trinajstić information content (AvgIpc) is 3.01. The number of benzene rings is 2. The van der Waals surface area contributed by atoms with E-state index in [9.17, 15) is 9.59 Å². The first-order valence-electron chi connectivity index (χ1n) is 8.87. The molecule has 7 heteroatoms. The molecular weight excluding hydrogens is 374 g/mol. The highest BCUT2D eigenvalue weighted by Gasteiger charge is 2.16. The summed E-state index contributed by atoms with van der Waals surface area (Å²) in [4.78, 5) is 23.7. The number of nitrogens with zero attached hydrogens (tertiary/aromatic N) is 1. The standard InChI is InChI=1S/C21H23N3O3S/c1-21(2,3)27-20(26)22-17-7-8-18-15(12-17)9-10-24(18)13-14-5-4-6-16(11-14)19(25)23-28/h4-12,28H,13H2,1-3H3,(H,22,26)(H,23,25). The van der Waals surface area contributed by atoms with E-state index in [0.717, 1.165) is 16.5 Å². The number of thiol groups is 1. The second kappa shape index (κ2) is 7.98. The van der Waals surface area contributed by atoms with Crippen LogP contribution >= 0.6 is 12.8 Å². The van der Waals surface area contributed by atoms with Gasteiger partial charge in [0.25, 0.3) is 5.91 Å². The molecule has 6 nitrogen and oxygen atoms in total. The average molecular weight is 398 g/mol. The van der Waals surface area contributed by atoms with Gasteiger partial charge in [-0.05, 0) is 62.7 Å². The fourth-order valence-electron chi connectivity index (χ4n) is 2.91. The predicted molar refractivity (Wildman–Crippen MR) is 114 cm³/mol. The van der Waals surface area contributed by atoms with Crippen LogP contribution in [0.5, 0.6) is 0 Å². The van der Waals surface area contributed by atoms with Crippen molar-refractivity contribution in [2.45, 2.75) is 32.9 Å². The van der Waals surface area contributed by atoms with Crippen LogP contribution in [0.25, 0.3) is 10.9 Å². The number of hydrogen-bond acceptors (Lipinski definition) is 4. The largest absolute Gasteiger partial charge is 0.444 e. The molecule has 146 valence electrons. The Morgan fingerprint density at radius 3 is 2.61 bits per heavy atom. The number of anilines is 1. The van der Waals surface area contributed by atoms with E-state index in [1.54, 1.807) is 6.07 Å². The molecule has 0 saturated carbocycles. The second-order valence-corrected chi connectivity index (χ2v) is 7.71. The van der Waals surface area contributed by atoms with Gasteiger partial charge in [-0.3, -0.25) is 14.8 Å². The van der Waals surface area contributed by atoms with E-state index in [4.69, 9.17) is 4.74 Å². The molecule has 1 aromatic heterocycles.